The van der Waals surface area contributed by atoms with Gasteiger partial charge in [-0.15, -0.1) is 0 Å². The second-order valence-electron chi connectivity index (χ2n) is 8.54. The lowest BCUT2D eigenvalue weighted by molar-refractivity contribution is -0.134. The lowest BCUT2D eigenvalue weighted by atomic mass is 9.84. The van der Waals surface area contributed by atoms with Gasteiger partial charge in [0.15, 0.2) is 0 Å². The van der Waals surface area contributed by atoms with Gasteiger partial charge in [0.1, 0.15) is 5.75 Å². The maximum Gasteiger partial charge on any atom is 0.311 e. The van der Waals surface area contributed by atoms with Crippen molar-refractivity contribution in [2.45, 2.75) is 78.1 Å². The van der Waals surface area contributed by atoms with Gasteiger partial charge in [-0.1, -0.05) is 88.4 Å². The first-order chi connectivity index (χ1) is 14.7. The van der Waals surface area contributed by atoms with Crippen molar-refractivity contribution in [1.82, 2.24) is 0 Å². The molecule has 0 fully saturated rings. The van der Waals surface area contributed by atoms with E-state index in [9.17, 15) is 4.79 Å². The monoisotopic (exact) mass is 404 g/mol. The highest BCUT2D eigenvalue weighted by molar-refractivity contribution is 5.73. The smallest absolute Gasteiger partial charge is 0.311 e. The van der Waals surface area contributed by atoms with Gasteiger partial charge in [-0.3, -0.25) is 4.79 Å². The molecule has 1 atom stereocenters. The number of rotatable bonds is 10. The summed E-state index contributed by atoms with van der Waals surface area (Å²) < 4.78 is 5.46. The highest BCUT2D eigenvalue weighted by atomic mass is 16.5. The van der Waals surface area contributed by atoms with Crippen molar-refractivity contribution < 1.29 is 9.53 Å². The molecule has 1 aliphatic rings. The molecule has 0 radical (unpaired) electrons. The van der Waals surface area contributed by atoms with Gasteiger partial charge in [-0.05, 0) is 66.0 Å². The van der Waals surface area contributed by atoms with Gasteiger partial charge in [0.25, 0.3) is 0 Å². The molecule has 30 heavy (non-hydrogen) atoms. The van der Waals surface area contributed by atoms with Crippen LogP contribution in [0.15, 0.2) is 54.6 Å². The molecule has 3 rings (SSSR count). The van der Waals surface area contributed by atoms with Gasteiger partial charge < -0.3 is 4.74 Å². The van der Waals surface area contributed by atoms with Crippen molar-refractivity contribution in [3.8, 4) is 16.9 Å². The Morgan fingerprint density at radius 3 is 2.13 bits per heavy atom. The minimum Gasteiger partial charge on any atom is -0.427 e. The molecule has 0 aromatic heterocycles. The molecule has 0 N–H and O–H groups in total. The summed E-state index contributed by atoms with van der Waals surface area (Å²) in [7, 11) is 0. The fraction of sp³-hybridized carbons (Fsp3) is 0.464. The Balaban J connectivity index is 1.55. The van der Waals surface area contributed by atoms with Crippen molar-refractivity contribution in [2.24, 2.45) is 5.92 Å². The summed E-state index contributed by atoms with van der Waals surface area (Å²) in [4.78, 5) is 11.9. The predicted octanol–water partition coefficient (Wildman–Crippen LogP) is 8.21. The Bertz CT molecular complexity index is 815. The molecule has 0 bridgehead atoms. The summed E-state index contributed by atoms with van der Waals surface area (Å²) in [6.45, 7) is 4.45. The van der Waals surface area contributed by atoms with Gasteiger partial charge in [0.2, 0.25) is 0 Å². The van der Waals surface area contributed by atoms with E-state index >= 15 is 0 Å². The van der Waals surface area contributed by atoms with Crippen LogP contribution in [-0.2, 0) is 4.79 Å². The summed E-state index contributed by atoms with van der Waals surface area (Å²) in [5, 5.41) is 0. The van der Waals surface area contributed by atoms with E-state index in [-0.39, 0.29) is 5.97 Å². The van der Waals surface area contributed by atoms with E-state index < -0.39 is 0 Å². The van der Waals surface area contributed by atoms with Crippen LogP contribution < -0.4 is 4.74 Å². The molecule has 2 aromatic rings. The number of ether oxygens (including phenoxy) is 1. The van der Waals surface area contributed by atoms with Crippen LogP contribution in [-0.4, -0.2) is 5.97 Å². The number of esters is 1. The lowest BCUT2D eigenvalue weighted by Gasteiger charge is -2.21. The summed E-state index contributed by atoms with van der Waals surface area (Å²) in [5.41, 5.74) is 5.18. The molecule has 1 unspecified atom stereocenters. The van der Waals surface area contributed by atoms with Crippen LogP contribution in [0.25, 0.3) is 16.7 Å². The van der Waals surface area contributed by atoms with E-state index in [2.05, 4.69) is 44.2 Å². The zero-order valence-corrected chi connectivity index (χ0v) is 18.7. The van der Waals surface area contributed by atoms with E-state index in [0.29, 0.717) is 12.2 Å². The Morgan fingerprint density at radius 1 is 0.867 bits per heavy atom. The number of hydrogen-bond acceptors (Lipinski definition) is 2. The Hall–Kier alpha value is -2.35. The number of allylic oxidation sites excluding steroid dienone is 2. The predicted molar refractivity (Wildman–Crippen MR) is 126 cm³/mol. The number of carbonyl (C=O) groups excluding carboxylic acids is 1. The number of benzene rings is 2. The van der Waals surface area contributed by atoms with Crippen LogP contribution in [0.4, 0.5) is 0 Å². The first-order valence-corrected chi connectivity index (χ1v) is 11.8. The van der Waals surface area contributed by atoms with E-state index in [1.54, 1.807) is 0 Å². The van der Waals surface area contributed by atoms with Crippen molar-refractivity contribution in [1.29, 1.82) is 0 Å². The Labute approximate surface area is 182 Å². The Morgan fingerprint density at radius 2 is 1.53 bits per heavy atom. The van der Waals surface area contributed by atoms with Crippen LogP contribution in [0.2, 0.25) is 0 Å². The van der Waals surface area contributed by atoms with Crippen molar-refractivity contribution in [3.63, 3.8) is 0 Å². The van der Waals surface area contributed by atoms with Gasteiger partial charge in [0, 0.05) is 6.42 Å². The first kappa shape index (κ1) is 22.3. The van der Waals surface area contributed by atoms with E-state index in [0.717, 1.165) is 24.3 Å². The highest BCUT2D eigenvalue weighted by Crippen LogP contribution is 2.33. The molecule has 0 spiro atoms. The Kier molecular flexibility index (Phi) is 8.74. The SMILES string of the molecule is CCCCCCC(=O)Oc1ccc(-c2ccc(C3=CCC(CCC)CC3)cc2)cc1. The molecule has 1 aliphatic carbocycles. The van der Waals surface area contributed by atoms with Crippen LogP contribution in [0.1, 0.15) is 83.6 Å². The quantitative estimate of drug-likeness (QED) is 0.226. The topological polar surface area (TPSA) is 26.3 Å². The normalized spacial score (nSPS) is 16.2. The van der Waals surface area contributed by atoms with Crippen LogP contribution in [0.3, 0.4) is 0 Å². The van der Waals surface area contributed by atoms with Crippen LogP contribution >= 0.6 is 0 Å². The number of unbranched alkanes of at least 4 members (excludes halogenated alkanes) is 3. The zero-order valence-electron chi connectivity index (χ0n) is 18.7. The van der Waals surface area contributed by atoms with Crippen molar-refractivity contribution >= 4 is 11.5 Å². The summed E-state index contributed by atoms with van der Waals surface area (Å²) >= 11 is 0. The maximum atomic E-state index is 11.9. The maximum absolute atomic E-state index is 11.9. The zero-order chi connectivity index (χ0) is 21.2. The molecular formula is C28H36O2. The van der Waals surface area contributed by atoms with E-state index in [1.807, 2.05) is 24.3 Å². The molecule has 2 heteroatoms. The second kappa shape index (κ2) is 11.7. The summed E-state index contributed by atoms with van der Waals surface area (Å²) in [5.74, 6) is 1.37. The molecular weight excluding hydrogens is 368 g/mol. The highest BCUT2D eigenvalue weighted by Gasteiger charge is 2.14. The second-order valence-corrected chi connectivity index (χ2v) is 8.54. The van der Waals surface area contributed by atoms with Crippen LogP contribution in [0, 0.1) is 5.92 Å². The fourth-order valence-electron chi connectivity index (χ4n) is 4.29. The number of hydrogen-bond donors (Lipinski definition) is 0. The van der Waals surface area contributed by atoms with Gasteiger partial charge >= 0.3 is 5.97 Å². The minimum atomic E-state index is -0.134. The average Bonchev–Trinajstić information content (AvgIpc) is 2.78. The minimum absolute atomic E-state index is 0.134. The van der Waals surface area contributed by atoms with E-state index in [1.165, 1.54) is 61.6 Å². The molecule has 0 saturated carbocycles. The third-order valence-corrected chi connectivity index (χ3v) is 6.13. The first-order valence-electron chi connectivity index (χ1n) is 11.8. The third kappa shape index (κ3) is 6.58. The molecule has 2 aromatic carbocycles. The van der Waals surface area contributed by atoms with Gasteiger partial charge in [-0.2, -0.15) is 0 Å². The van der Waals surface area contributed by atoms with Crippen LogP contribution in [0.5, 0.6) is 5.75 Å². The molecule has 0 aliphatic heterocycles. The molecule has 0 saturated heterocycles. The van der Waals surface area contributed by atoms with Gasteiger partial charge in [-0.25, -0.2) is 0 Å². The van der Waals surface area contributed by atoms with Crippen molar-refractivity contribution in [2.75, 3.05) is 0 Å². The lowest BCUT2D eigenvalue weighted by Crippen LogP contribution is -2.07. The summed E-state index contributed by atoms with van der Waals surface area (Å²) in [6, 6.07) is 16.7. The molecule has 160 valence electrons. The largest absolute Gasteiger partial charge is 0.427 e. The fourth-order valence-corrected chi connectivity index (χ4v) is 4.29. The number of carbonyl (C=O) groups is 1. The molecule has 2 nitrogen and oxygen atoms in total. The van der Waals surface area contributed by atoms with E-state index in [4.69, 9.17) is 4.74 Å². The third-order valence-electron chi connectivity index (χ3n) is 6.13. The average molecular weight is 405 g/mol. The van der Waals surface area contributed by atoms with Crippen molar-refractivity contribution in [3.05, 3.63) is 60.2 Å². The molecule has 0 heterocycles. The standard InChI is InChI=1S/C28H36O2/c1-3-5-6-7-9-28(29)30-27-20-18-26(19-21-27)25-16-14-24(15-17-25)23-12-10-22(8-4-2)11-13-23/h12,14-22H,3-11,13H2,1-2H3. The summed E-state index contributed by atoms with van der Waals surface area (Å²) in [6.07, 6.45) is 13.7. The van der Waals surface area contributed by atoms with Gasteiger partial charge in [0.05, 0.1) is 0 Å². The molecule has 0 amide bonds.